The lowest BCUT2D eigenvalue weighted by Gasteiger charge is -2.05. The molecule has 0 bridgehead atoms. The number of aromatic nitrogens is 3. The van der Waals surface area contributed by atoms with Gasteiger partial charge in [0.2, 0.25) is 0 Å². The SMILES string of the molecule is CCC(N)c1cn(-c2ccc([N+](=O)[O-])cc2C)nn1. The largest absolute Gasteiger partial charge is 0.323 e. The van der Waals surface area contributed by atoms with Crippen molar-refractivity contribution in [1.82, 2.24) is 15.0 Å². The first kappa shape index (κ1) is 13.2. The van der Waals surface area contributed by atoms with Crippen LogP contribution < -0.4 is 5.73 Å². The molecule has 7 nitrogen and oxygen atoms in total. The standard InChI is InChI=1S/C12H15N5O2/c1-3-10(13)11-7-16(15-14-11)12-5-4-9(17(18)19)6-8(12)2/h4-7,10H,3,13H2,1-2H3. The Morgan fingerprint density at radius 1 is 1.53 bits per heavy atom. The zero-order valence-electron chi connectivity index (χ0n) is 10.8. The predicted molar refractivity (Wildman–Crippen MR) is 70.0 cm³/mol. The van der Waals surface area contributed by atoms with Crippen molar-refractivity contribution in [2.24, 2.45) is 5.73 Å². The number of hydrogen-bond donors (Lipinski definition) is 1. The summed E-state index contributed by atoms with van der Waals surface area (Å²) in [7, 11) is 0. The topological polar surface area (TPSA) is 99.9 Å². The summed E-state index contributed by atoms with van der Waals surface area (Å²) in [5.41, 5.74) is 8.17. The molecule has 1 aromatic heterocycles. The lowest BCUT2D eigenvalue weighted by atomic mass is 10.1. The summed E-state index contributed by atoms with van der Waals surface area (Å²) in [6, 6.07) is 4.47. The van der Waals surface area contributed by atoms with Gasteiger partial charge in [-0.15, -0.1) is 5.10 Å². The van der Waals surface area contributed by atoms with Crippen molar-refractivity contribution < 1.29 is 4.92 Å². The van der Waals surface area contributed by atoms with Gasteiger partial charge in [0, 0.05) is 12.1 Å². The molecule has 0 aliphatic rings. The quantitative estimate of drug-likeness (QED) is 0.669. The van der Waals surface area contributed by atoms with Crippen LogP contribution in [0.2, 0.25) is 0 Å². The summed E-state index contributed by atoms with van der Waals surface area (Å²) in [6.45, 7) is 3.77. The van der Waals surface area contributed by atoms with Crippen molar-refractivity contribution in [1.29, 1.82) is 0 Å². The zero-order valence-corrected chi connectivity index (χ0v) is 10.8. The number of hydrogen-bond acceptors (Lipinski definition) is 5. The third-order valence-corrected chi connectivity index (χ3v) is 2.97. The number of benzene rings is 1. The molecule has 19 heavy (non-hydrogen) atoms. The second-order valence-corrected chi connectivity index (χ2v) is 4.33. The van der Waals surface area contributed by atoms with Gasteiger partial charge in [0.25, 0.3) is 5.69 Å². The van der Waals surface area contributed by atoms with E-state index in [4.69, 9.17) is 5.73 Å². The molecule has 1 atom stereocenters. The Hall–Kier alpha value is -2.28. The molecule has 0 saturated carbocycles. The van der Waals surface area contributed by atoms with Gasteiger partial charge in [-0.3, -0.25) is 10.1 Å². The number of rotatable bonds is 4. The average molecular weight is 261 g/mol. The second kappa shape index (κ2) is 5.15. The van der Waals surface area contributed by atoms with Crippen LogP contribution in [0.3, 0.4) is 0 Å². The molecular weight excluding hydrogens is 246 g/mol. The minimum absolute atomic E-state index is 0.0619. The van der Waals surface area contributed by atoms with E-state index in [1.165, 1.54) is 12.1 Å². The van der Waals surface area contributed by atoms with Crippen LogP contribution in [0.15, 0.2) is 24.4 Å². The first-order valence-electron chi connectivity index (χ1n) is 5.96. The third kappa shape index (κ3) is 2.60. The van der Waals surface area contributed by atoms with E-state index in [2.05, 4.69) is 10.3 Å². The van der Waals surface area contributed by atoms with Gasteiger partial charge >= 0.3 is 0 Å². The van der Waals surface area contributed by atoms with E-state index in [0.717, 1.165) is 17.7 Å². The van der Waals surface area contributed by atoms with Gasteiger partial charge in [-0.05, 0) is 25.0 Å². The van der Waals surface area contributed by atoms with Crippen LogP contribution in [-0.4, -0.2) is 19.9 Å². The van der Waals surface area contributed by atoms with Crippen molar-refractivity contribution in [2.75, 3.05) is 0 Å². The zero-order chi connectivity index (χ0) is 14.0. The van der Waals surface area contributed by atoms with Gasteiger partial charge in [0.05, 0.1) is 28.5 Å². The van der Waals surface area contributed by atoms with E-state index in [1.54, 1.807) is 23.9 Å². The first-order valence-corrected chi connectivity index (χ1v) is 5.96. The van der Waals surface area contributed by atoms with Crippen molar-refractivity contribution in [3.63, 3.8) is 0 Å². The summed E-state index contributed by atoms with van der Waals surface area (Å²) in [5.74, 6) is 0. The molecule has 2 rings (SSSR count). The Morgan fingerprint density at radius 2 is 2.26 bits per heavy atom. The molecule has 0 saturated heterocycles. The molecular formula is C12H15N5O2. The molecule has 100 valence electrons. The highest BCUT2D eigenvalue weighted by molar-refractivity contribution is 5.47. The van der Waals surface area contributed by atoms with Crippen LogP contribution in [0.4, 0.5) is 5.69 Å². The van der Waals surface area contributed by atoms with Crippen molar-refractivity contribution in [3.8, 4) is 5.69 Å². The lowest BCUT2D eigenvalue weighted by molar-refractivity contribution is -0.384. The summed E-state index contributed by atoms with van der Waals surface area (Å²) in [4.78, 5) is 10.3. The lowest BCUT2D eigenvalue weighted by Crippen LogP contribution is -2.08. The van der Waals surface area contributed by atoms with Gasteiger partial charge in [0.1, 0.15) is 0 Å². The summed E-state index contributed by atoms with van der Waals surface area (Å²) in [6.07, 6.45) is 2.53. The molecule has 0 amide bonds. The van der Waals surface area contributed by atoms with E-state index in [-0.39, 0.29) is 11.7 Å². The highest BCUT2D eigenvalue weighted by Gasteiger charge is 2.13. The Labute approximate surface area is 110 Å². The fourth-order valence-electron chi connectivity index (χ4n) is 1.78. The van der Waals surface area contributed by atoms with Crippen LogP contribution in [-0.2, 0) is 0 Å². The fourth-order valence-corrected chi connectivity index (χ4v) is 1.78. The summed E-state index contributed by atoms with van der Waals surface area (Å²) >= 11 is 0. The smallest absolute Gasteiger partial charge is 0.269 e. The minimum Gasteiger partial charge on any atom is -0.323 e. The Bertz CT molecular complexity index is 608. The number of nitrogens with two attached hydrogens (primary N) is 1. The van der Waals surface area contributed by atoms with E-state index < -0.39 is 4.92 Å². The van der Waals surface area contributed by atoms with Crippen molar-refractivity contribution in [3.05, 3.63) is 45.8 Å². The maximum Gasteiger partial charge on any atom is 0.269 e. The highest BCUT2D eigenvalue weighted by Crippen LogP contribution is 2.20. The first-order chi connectivity index (χ1) is 9.02. The van der Waals surface area contributed by atoms with Crippen LogP contribution >= 0.6 is 0 Å². The summed E-state index contributed by atoms with van der Waals surface area (Å²) < 4.78 is 1.59. The molecule has 0 spiro atoms. The number of nitro groups is 1. The van der Waals surface area contributed by atoms with Gasteiger partial charge in [-0.2, -0.15) is 0 Å². The number of nitrogens with zero attached hydrogens (tertiary/aromatic N) is 4. The van der Waals surface area contributed by atoms with Crippen LogP contribution in [0.5, 0.6) is 0 Å². The Morgan fingerprint density at radius 3 is 2.84 bits per heavy atom. The fraction of sp³-hybridized carbons (Fsp3) is 0.333. The average Bonchev–Trinajstić information content (AvgIpc) is 2.87. The molecule has 1 aromatic carbocycles. The van der Waals surface area contributed by atoms with Crippen molar-refractivity contribution in [2.45, 2.75) is 26.3 Å². The van der Waals surface area contributed by atoms with Crippen LogP contribution in [0, 0.1) is 17.0 Å². The van der Waals surface area contributed by atoms with Gasteiger partial charge in [-0.1, -0.05) is 12.1 Å². The highest BCUT2D eigenvalue weighted by atomic mass is 16.6. The normalized spacial score (nSPS) is 12.4. The maximum absolute atomic E-state index is 10.7. The van der Waals surface area contributed by atoms with E-state index in [1.807, 2.05) is 6.92 Å². The number of non-ortho nitro benzene ring substituents is 1. The summed E-state index contributed by atoms with van der Waals surface area (Å²) in [5, 5.41) is 18.7. The van der Waals surface area contributed by atoms with Crippen molar-refractivity contribution >= 4 is 5.69 Å². The Kier molecular flexibility index (Phi) is 3.57. The van der Waals surface area contributed by atoms with Crippen LogP contribution in [0.25, 0.3) is 5.69 Å². The minimum atomic E-state index is -0.420. The predicted octanol–water partition coefficient (Wildman–Crippen LogP) is 1.89. The van der Waals surface area contributed by atoms with E-state index >= 15 is 0 Å². The molecule has 1 unspecified atom stereocenters. The molecule has 7 heteroatoms. The van der Waals surface area contributed by atoms with Gasteiger partial charge in [-0.25, -0.2) is 4.68 Å². The van der Waals surface area contributed by atoms with Gasteiger partial charge in [0.15, 0.2) is 0 Å². The van der Waals surface area contributed by atoms with Crippen LogP contribution in [0.1, 0.15) is 30.6 Å². The number of aryl methyl sites for hydroxylation is 1. The molecule has 2 N–H and O–H groups in total. The number of nitro benzene ring substituents is 1. The maximum atomic E-state index is 10.7. The molecule has 1 heterocycles. The molecule has 0 aliphatic heterocycles. The van der Waals surface area contributed by atoms with E-state index in [0.29, 0.717) is 5.69 Å². The van der Waals surface area contributed by atoms with E-state index in [9.17, 15) is 10.1 Å². The molecule has 0 fully saturated rings. The molecule has 2 aromatic rings. The monoisotopic (exact) mass is 261 g/mol. The van der Waals surface area contributed by atoms with Gasteiger partial charge < -0.3 is 5.73 Å². The molecule has 0 radical (unpaired) electrons. The second-order valence-electron chi connectivity index (χ2n) is 4.33. The Balaban J connectivity index is 2.37. The third-order valence-electron chi connectivity index (χ3n) is 2.97. The molecule has 0 aliphatic carbocycles.